The van der Waals surface area contributed by atoms with Crippen molar-refractivity contribution >= 4 is 23.2 Å². The van der Waals surface area contributed by atoms with E-state index in [0.29, 0.717) is 0 Å². The highest BCUT2D eigenvalue weighted by Crippen LogP contribution is 2.60. The molecule has 0 aliphatic rings. The van der Waals surface area contributed by atoms with Gasteiger partial charge < -0.3 is 17.5 Å². The van der Waals surface area contributed by atoms with Gasteiger partial charge in [-0.2, -0.15) is 0 Å². The second-order valence-corrected chi connectivity index (χ2v) is 10.3. The van der Waals surface area contributed by atoms with Crippen LogP contribution >= 0.6 is 7.26 Å². The third-order valence-corrected chi connectivity index (χ3v) is 9.49. The molecular formula is C24H28ClOP. The van der Waals surface area contributed by atoms with Crippen LogP contribution in [-0.4, -0.2) is 11.0 Å². The molecule has 0 radical (unpaired) electrons. The van der Waals surface area contributed by atoms with E-state index in [1.54, 1.807) is 0 Å². The Morgan fingerprint density at radius 2 is 1.04 bits per heavy atom. The van der Waals surface area contributed by atoms with Crippen LogP contribution in [0.25, 0.3) is 0 Å². The Morgan fingerprint density at radius 3 is 1.37 bits per heavy atom. The van der Waals surface area contributed by atoms with Crippen LogP contribution < -0.4 is 28.3 Å². The van der Waals surface area contributed by atoms with Gasteiger partial charge in [0.15, 0.2) is 5.85 Å². The number of benzene rings is 3. The molecule has 0 aliphatic carbocycles. The molecule has 0 bridgehead atoms. The van der Waals surface area contributed by atoms with Gasteiger partial charge in [0.25, 0.3) is 0 Å². The maximum Gasteiger partial charge on any atom is 0.178 e. The third kappa shape index (κ3) is 4.61. The van der Waals surface area contributed by atoms with Gasteiger partial charge in [0.2, 0.25) is 0 Å². The molecule has 27 heavy (non-hydrogen) atoms. The molecule has 0 heterocycles. The Morgan fingerprint density at radius 1 is 0.667 bits per heavy atom. The van der Waals surface area contributed by atoms with Gasteiger partial charge in [-0.1, -0.05) is 74.4 Å². The zero-order chi connectivity index (χ0) is 18.2. The van der Waals surface area contributed by atoms with Crippen molar-refractivity contribution in [2.24, 2.45) is 0 Å². The standard InChI is InChI=1S/C24H28OP.ClH/c1-2-3-7-20-24(25)26(21-14-8-4-9-15-21,22-16-10-5-11-17-22)23-18-12-6-13-19-23;/h4-6,8-19,24-25H,2-3,7,20H2,1H3;1H/q+1;/p-1. The minimum Gasteiger partial charge on any atom is -1.00 e. The molecule has 3 aromatic rings. The second kappa shape index (κ2) is 10.6. The number of halogens is 1. The topological polar surface area (TPSA) is 20.2 Å². The Bertz CT molecular complexity index is 681. The lowest BCUT2D eigenvalue weighted by molar-refractivity contribution is -0.00000650. The lowest BCUT2D eigenvalue weighted by atomic mass is 10.2. The van der Waals surface area contributed by atoms with E-state index in [4.69, 9.17) is 0 Å². The van der Waals surface area contributed by atoms with E-state index in [1.807, 2.05) is 0 Å². The molecule has 0 aliphatic heterocycles. The molecule has 1 atom stereocenters. The molecule has 0 saturated heterocycles. The first-order valence-electron chi connectivity index (χ1n) is 9.53. The highest BCUT2D eigenvalue weighted by molar-refractivity contribution is 7.96. The minimum absolute atomic E-state index is 0. The Balaban J connectivity index is 0.00000261. The molecule has 0 fully saturated rings. The van der Waals surface area contributed by atoms with Crippen LogP contribution in [0.4, 0.5) is 0 Å². The first-order valence-corrected chi connectivity index (χ1v) is 11.4. The lowest BCUT2D eigenvalue weighted by Crippen LogP contribution is -3.00. The van der Waals surface area contributed by atoms with Gasteiger partial charge in [-0.05, 0) is 42.8 Å². The van der Waals surface area contributed by atoms with Crippen molar-refractivity contribution < 1.29 is 17.5 Å². The molecule has 3 aromatic carbocycles. The summed E-state index contributed by atoms with van der Waals surface area (Å²) in [6.07, 6.45) is 4.22. The van der Waals surface area contributed by atoms with Crippen molar-refractivity contribution in [2.45, 2.75) is 38.5 Å². The first-order chi connectivity index (χ1) is 12.8. The van der Waals surface area contributed by atoms with Gasteiger partial charge in [0.05, 0.1) is 0 Å². The van der Waals surface area contributed by atoms with Crippen molar-refractivity contribution in [1.82, 2.24) is 0 Å². The highest BCUT2D eigenvalue weighted by atomic mass is 35.5. The van der Waals surface area contributed by atoms with Crippen molar-refractivity contribution in [3.05, 3.63) is 91.0 Å². The first kappa shape index (κ1) is 21.6. The lowest BCUT2D eigenvalue weighted by Gasteiger charge is -2.31. The third-order valence-electron chi connectivity index (χ3n) is 5.00. The maximum absolute atomic E-state index is 11.6. The van der Waals surface area contributed by atoms with E-state index in [2.05, 4.69) is 97.9 Å². The fourth-order valence-corrected chi connectivity index (χ4v) is 8.15. The summed E-state index contributed by atoms with van der Waals surface area (Å²) >= 11 is 0. The largest absolute Gasteiger partial charge is 1.00 e. The number of rotatable bonds is 8. The highest BCUT2D eigenvalue weighted by Gasteiger charge is 2.51. The molecule has 1 N–H and O–H groups in total. The summed E-state index contributed by atoms with van der Waals surface area (Å²) in [7, 11) is -2.13. The zero-order valence-electron chi connectivity index (χ0n) is 15.8. The predicted octanol–water partition coefficient (Wildman–Crippen LogP) is 1.88. The van der Waals surface area contributed by atoms with Crippen LogP contribution in [-0.2, 0) is 0 Å². The molecule has 1 unspecified atom stereocenters. The zero-order valence-corrected chi connectivity index (χ0v) is 17.5. The second-order valence-electron chi connectivity index (χ2n) is 6.71. The van der Waals surface area contributed by atoms with Crippen LogP contribution in [0.15, 0.2) is 91.0 Å². The molecule has 0 saturated carbocycles. The number of unbranched alkanes of at least 4 members (excludes halogenated alkanes) is 2. The number of aliphatic hydroxyl groups is 1. The van der Waals surface area contributed by atoms with E-state index in [-0.39, 0.29) is 18.3 Å². The smallest absolute Gasteiger partial charge is 0.178 e. The fourth-order valence-electron chi connectivity index (χ4n) is 3.72. The van der Waals surface area contributed by atoms with Gasteiger partial charge in [-0.15, -0.1) is 0 Å². The van der Waals surface area contributed by atoms with Crippen molar-refractivity contribution in [1.29, 1.82) is 0 Å². The van der Waals surface area contributed by atoms with E-state index in [0.717, 1.165) is 19.3 Å². The van der Waals surface area contributed by atoms with E-state index in [1.165, 1.54) is 22.3 Å². The molecule has 142 valence electrons. The summed E-state index contributed by atoms with van der Waals surface area (Å²) in [5, 5.41) is 15.3. The van der Waals surface area contributed by atoms with Gasteiger partial charge in [0.1, 0.15) is 23.2 Å². The van der Waals surface area contributed by atoms with Crippen molar-refractivity contribution in [3.63, 3.8) is 0 Å². The Labute approximate surface area is 170 Å². The fraction of sp³-hybridized carbons (Fsp3) is 0.250. The van der Waals surface area contributed by atoms with Crippen LogP contribution in [0.5, 0.6) is 0 Å². The van der Waals surface area contributed by atoms with Crippen LogP contribution in [0.2, 0.25) is 0 Å². The molecule has 0 amide bonds. The number of aliphatic hydroxyl groups excluding tert-OH is 1. The summed E-state index contributed by atoms with van der Waals surface area (Å²) in [6.45, 7) is 2.21. The van der Waals surface area contributed by atoms with Crippen molar-refractivity contribution in [3.8, 4) is 0 Å². The SMILES string of the molecule is CCCCCC(O)[P+](c1ccccc1)(c1ccccc1)c1ccccc1.[Cl-]. The Kier molecular flexibility index (Phi) is 8.51. The Hall–Kier alpha value is -1.66. The van der Waals surface area contributed by atoms with Crippen molar-refractivity contribution in [2.75, 3.05) is 0 Å². The van der Waals surface area contributed by atoms with Crippen LogP contribution in [0.3, 0.4) is 0 Å². The monoisotopic (exact) mass is 398 g/mol. The van der Waals surface area contributed by atoms with E-state index < -0.39 is 7.26 Å². The molecule has 3 rings (SSSR count). The van der Waals surface area contributed by atoms with E-state index >= 15 is 0 Å². The van der Waals surface area contributed by atoms with Gasteiger partial charge in [-0.25, -0.2) is 0 Å². The van der Waals surface area contributed by atoms with Crippen LogP contribution in [0, 0.1) is 0 Å². The summed E-state index contributed by atoms with van der Waals surface area (Å²) in [5.74, 6) is -0.374. The summed E-state index contributed by atoms with van der Waals surface area (Å²) in [6, 6.07) is 31.9. The quantitative estimate of drug-likeness (QED) is 0.454. The number of hydrogen-bond acceptors (Lipinski definition) is 1. The molecular weight excluding hydrogens is 371 g/mol. The molecule has 3 heteroatoms. The maximum atomic E-state index is 11.6. The summed E-state index contributed by atoms with van der Waals surface area (Å²) in [5.41, 5.74) is 0. The van der Waals surface area contributed by atoms with Crippen LogP contribution in [0.1, 0.15) is 32.6 Å². The average molecular weight is 399 g/mol. The van der Waals surface area contributed by atoms with Gasteiger partial charge in [-0.3, -0.25) is 0 Å². The summed E-state index contributed by atoms with van der Waals surface area (Å²) in [4.78, 5) is 0. The van der Waals surface area contributed by atoms with Gasteiger partial charge in [0, 0.05) is 6.42 Å². The predicted molar refractivity (Wildman–Crippen MR) is 115 cm³/mol. The summed E-state index contributed by atoms with van der Waals surface area (Å²) < 4.78 is 0. The molecule has 0 spiro atoms. The minimum atomic E-state index is -2.13. The molecule has 1 nitrogen and oxygen atoms in total. The normalized spacial score (nSPS) is 12.2. The number of hydrogen-bond donors (Lipinski definition) is 1. The molecule has 0 aromatic heterocycles. The van der Waals surface area contributed by atoms with Gasteiger partial charge >= 0.3 is 0 Å². The van der Waals surface area contributed by atoms with E-state index in [9.17, 15) is 5.11 Å². The average Bonchev–Trinajstić information content (AvgIpc) is 2.71.